The Kier molecular flexibility index (Phi) is 5.91. The molecule has 0 saturated heterocycles. The summed E-state index contributed by atoms with van der Waals surface area (Å²) in [5, 5.41) is 2.07. The summed E-state index contributed by atoms with van der Waals surface area (Å²) in [5.74, 6) is 1.68. The van der Waals surface area contributed by atoms with Crippen molar-refractivity contribution >= 4 is 17.2 Å². The Hall–Kier alpha value is -1.81. The van der Waals surface area contributed by atoms with E-state index >= 15 is 0 Å². The highest BCUT2D eigenvalue weighted by Crippen LogP contribution is 2.29. The zero-order valence-corrected chi connectivity index (χ0v) is 15.1. The molecule has 4 heteroatoms. The lowest BCUT2D eigenvalue weighted by Crippen LogP contribution is -2.31. The molecule has 0 unspecified atom stereocenters. The van der Waals surface area contributed by atoms with Crippen LogP contribution in [-0.4, -0.2) is 17.9 Å². The molecule has 0 spiro atoms. The smallest absolute Gasteiger partial charge is 0.223 e. The van der Waals surface area contributed by atoms with Crippen LogP contribution in [0.1, 0.15) is 42.5 Å². The quantitative estimate of drug-likeness (QED) is 0.718. The topological polar surface area (TPSA) is 29.5 Å². The third-order valence-corrected chi connectivity index (χ3v) is 5.63. The molecule has 1 aliphatic rings. The van der Waals surface area contributed by atoms with Crippen molar-refractivity contribution in [1.29, 1.82) is 0 Å². The third-order valence-electron chi connectivity index (χ3n) is 4.77. The molecule has 0 N–H and O–H groups in total. The minimum atomic E-state index is 0.265. The van der Waals surface area contributed by atoms with E-state index in [-0.39, 0.29) is 5.91 Å². The number of carbonyl (C=O) groups excluding carboxylic acids is 1. The Morgan fingerprint density at radius 1 is 1.17 bits per heavy atom. The van der Waals surface area contributed by atoms with Gasteiger partial charge in [0, 0.05) is 23.4 Å². The van der Waals surface area contributed by atoms with E-state index in [1.54, 1.807) is 18.4 Å². The largest absolute Gasteiger partial charge is 0.496 e. The van der Waals surface area contributed by atoms with Crippen molar-refractivity contribution in [3.05, 3.63) is 52.2 Å². The third kappa shape index (κ3) is 4.38. The number of thiophene rings is 1. The van der Waals surface area contributed by atoms with E-state index in [1.165, 1.54) is 30.6 Å². The van der Waals surface area contributed by atoms with Crippen LogP contribution in [0.5, 0.6) is 5.75 Å². The van der Waals surface area contributed by atoms with Crippen LogP contribution >= 0.6 is 11.3 Å². The average Bonchev–Trinajstić information content (AvgIpc) is 3.28. The Morgan fingerprint density at radius 2 is 1.96 bits per heavy atom. The maximum atomic E-state index is 12.9. The molecular formula is C20H25NO2S. The first-order chi connectivity index (χ1) is 11.8. The predicted molar refractivity (Wildman–Crippen MR) is 98.1 cm³/mol. The molecule has 0 aliphatic heterocycles. The van der Waals surface area contributed by atoms with Gasteiger partial charge in [-0.15, -0.1) is 11.3 Å². The Bertz CT molecular complexity index is 647. The van der Waals surface area contributed by atoms with Crippen LogP contribution in [0.4, 0.5) is 0 Å². The Balaban J connectivity index is 1.74. The lowest BCUT2D eigenvalue weighted by molar-refractivity contribution is -0.133. The molecule has 1 aromatic carbocycles. The van der Waals surface area contributed by atoms with Gasteiger partial charge in [0.25, 0.3) is 0 Å². The number of methoxy groups -OCH3 is 1. The molecule has 0 atom stereocenters. The van der Waals surface area contributed by atoms with E-state index in [1.807, 2.05) is 35.2 Å². The molecule has 0 radical (unpaired) electrons. The van der Waals surface area contributed by atoms with Gasteiger partial charge in [-0.3, -0.25) is 4.79 Å². The fraction of sp³-hybridized carbons (Fsp3) is 0.450. The van der Waals surface area contributed by atoms with Gasteiger partial charge >= 0.3 is 0 Å². The molecule has 1 saturated carbocycles. The van der Waals surface area contributed by atoms with Gasteiger partial charge in [0.15, 0.2) is 0 Å². The second kappa shape index (κ2) is 8.34. The molecule has 1 aromatic heterocycles. The first-order valence-electron chi connectivity index (χ1n) is 8.68. The van der Waals surface area contributed by atoms with Crippen LogP contribution in [-0.2, 0) is 17.9 Å². The Labute approximate surface area is 148 Å². The second-order valence-corrected chi connectivity index (χ2v) is 7.53. The summed E-state index contributed by atoms with van der Waals surface area (Å²) in [6.45, 7) is 1.29. The van der Waals surface area contributed by atoms with E-state index in [4.69, 9.17) is 4.74 Å². The van der Waals surface area contributed by atoms with Gasteiger partial charge in [-0.05, 0) is 36.3 Å². The van der Waals surface area contributed by atoms with Crippen molar-refractivity contribution in [3.63, 3.8) is 0 Å². The number of hydrogen-bond acceptors (Lipinski definition) is 3. The van der Waals surface area contributed by atoms with Gasteiger partial charge in [-0.25, -0.2) is 0 Å². The van der Waals surface area contributed by atoms with Gasteiger partial charge in [-0.2, -0.15) is 0 Å². The Morgan fingerprint density at radius 3 is 2.67 bits per heavy atom. The van der Waals surface area contributed by atoms with Crippen molar-refractivity contribution < 1.29 is 9.53 Å². The number of para-hydroxylation sites is 1. The van der Waals surface area contributed by atoms with Crippen LogP contribution in [0, 0.1) is 5.92 Å². The van der Waals surface area contributed by atoms with E-state index in [2.05, 4.69) is 11.4 Å². The van der Waals surface area contributed by atoms with Crippen LogP contribution in [0.15, 0.2) is 41.8 Å². The summed E-state index contributed by atoms with van der Waals surface area (Å²) >= 11 is 1.71. The number of ether oxygens (including phenoxy) is 1. The summed E-state index contributed by atoms with van der Waals surface area (Å²) in [6, 6.07) is 12.1. The molecule has 128 valence electrons. The molecule has 24 heavy (non-hydrogen) atoms. The first-order valence-corrected chi connectivity index (χ1v) is 9.56. The van der Waals surface area contributed by atoms with Crippen LogP contribution in [0.2, 0.25) is 0 Å². The minimum Gasteiger partial charge on any atom is -0.496 e. The molecule has 1 amide bonds. The summed E-state index contributed by atoms with van der Waals surface area (Å²) in [4.78, 5) is 16.1. The van der Waals surface area contributed by atoms with Crippen LogP contribution in [0.25, 0.3) is 0 Å². The van der Waals surface area contributed by atoms with Gasteiger partial charge in [-0.1, -0.05) is 37.1 Å². The lowest BCUT2D eigenvalue weighted by atomic mass is 10.0. The summed E-state index contributed by atoms with van der Waals surface area (Å²) in [6.07, 6.45) is 5.63. The van der Waals surface area contributed by atoms with Gasteiger partial charge in [0.05, 0.1) is 13.7 Å². The first kappa shape index (κ1) is 17.0. The van der Waals surface area contributed by atoms with Crippen molar-refractivity contribution in [2.45, 2.75) is 45.2 Å². The minimum absolute atomic E-state index is 0.265. The number of amides is 1. The fourth-order valence-electron chi connectivity index (χ4n) is 3.45. The predicted octanol–water partition coefficient (Wildman–Crippen LogP) is 4.87. The van der Waals surface area contributed by atoms with Gasteiger partial charge in [0.1, 0.15) is 5.75 Å². The zero-order chi connectivity index (χ0) is 16.8. The highest BCUT2D eigenvalue weighted by molar-refractivity contribution is 7.09. The number of carbonyl (C=O) groups is 1. The molecule has 3 rings (SSSR count). The summed E-state index contributed by atoms with van der Waals surface area (Å²) in [5.41, 5.74) is 1.07. The highest BCUT2D eigenvalue weighted by atomic mass is 32.1. The number of benzene rings is 1. The molecular weight excluding hydrogens is 318 g/mol. The molecule has 1 heterocycles. The summed E-state index contributed by atoms with van der Waals surface area (Å²) < 4.78 is 5.46. The van der Waals surface area contributed by atoms with Gasteiger partial charge in [0.2, 0.25) is 5.91 Å². The number of hydrogen-bond donors (Lipinski definition) is 0. The van der Waals surface area contributed by atoms with Crippen molar-refractivity contribution in [2.24, 2.45) is 5.92 Å². The van der Waals surface area contributed by atoms with Gasteiger partial charge < -0.3 is 9.64 Å². The molecule has 0 bridgehead atoms. The fourth-order valence-corrected chi connectivity index (χ4v) is 4.17. The van der Waals surface area contributed by atoms with Crippen LogP contribution in [0.3, 0.4) is 0 Å². The molecule has 2 aromatic rings. The van der Waals surface area contributed by atoms with Crippen LogP contribution < -0.4 is 4.74 Å². The normalized spacial score (nSPS) is 14.7. The van der Waals surface area contributed by atoms with Crippen molar-refractivity contribution in [1.82, 2.24) is 4.90 Å². The maximum Gasteiger partial charge on any atom is 0.223 e. The van der Waals surface area contributed by atoms with E-state index in [0.717, 1.165) is 11.3 Å². The second-order valence-electron chi connectivity index (χ2n) is 6.50. The molecule has 1 fully saturated rings. The van der Waals surface area contributed by atoms with E-state index < -0.39 is 0 Å². The average molecular weight is 343 g/mol. The summed E-state index contributed by atoms with van der Waals surface area (Å²) in [7, 11) is 1.68. The number of nitrogens with zero attached hydrogens (tertiary/aromatic N) is 1. The molecule has 1 aliphatic carbocycles. The molecule has 3 nitrogen and oxygen atoms in total. The number of rotatable bonds is 7. The maximum absolute atomic E-state index is 12.9. The van der Waals surface area contributed by atoms with Crippen molar-refractivity contribution in [3.8, 4) is 5.75 Å². The monoisotopic (exact) mass is 343 g/mol. The van der Waals surface area contributed by atoms with Crippen molar-refractivity contribution in [2.75, 3.05) is 7.11 Å². The SMILES string of the molecule is COc1ccccc1CN(Cc1cccs1)C(=O)CC1CCCC1. The highest BCUT2D eigenvalue weighted by Gasteiger charge is 2.23. The zero-order valence-electron chi connectivity index (χ0n) is 14.2. The lowest BCUT2D eigenvalue weighted by Gasteiger charge is -2.24. The van der Waals surface area contributed by atoms with E-state index in [0.29, 0.717) is 25.4 Å². The van der Waals surface area contributed by atoms with E-state index in [9.17, 15) is 4.79 Å². The standard InChI is InChI=1S/C20H25NO2S/c1-23-19-11-5-4-9-17(19)14-21(15-18-10-6-12-24-18)20(22)13-16-7-2-3-8-16/h4-6,9-12,16H,2-3,7-8,13-15H2,1H3.